The zero-order valence-electron chi connectivity index (χ0n) is 7.92. The Labute approximate surface area is 87.0 Å². The first kappa shape index (κ1) is 9.40. The second kappa shape index (κ2) is 3.92. The van der Waals surface area contributed by atoms with Gasteiger partial charge in [-0.1, -0.05) is 24.3 Å². The molecular formula is C12H9NO2. The van der Waals surface area contributed by atoms with E-state index < -0.39 is 0 Å². The lowest BCUT2D eigenvalue weighted by Gasteiger charge is -2.03. The van der Waals surface area contributed by atoms with Crippen LogP contribution in [0, 0.1) is 0 Å². The zero-order valence-corrected chi connectivity index (χ0v) is 7.92. The second-order valence-electron chi connectivity index (χ2n) is 3.11. The van der Waals surface area contributed by atoms with Crippen molar-refractivity contribution in [2.24, 2.45) is 0 Å². The molecule has 0 saturated carbocycles. The summed E-state index contributed by atoms with van der Waals surface area (Å²) in [6, 6.07) is 10.4. The Hall–Kier alpha value is -2.16. The molecule has 0 radical (unpaired) electrons. The molecule has 0 bridgehead atoms. The molecule has 1 N–H and O–H groups in total. The maximum Gasteiger partial charge on any atom is 0.150 e. The van der Waals surface area contributed by atoms with Gasteiger partial charge in [-0.2, -0.15) is 0 Å². The van der Waals surface area contributed by atoms with Crippen LogP contribution in [-0.4, -0.2) is 16.4 Å². The Morgan fingerprint density at radius 3 is 2.60 bits per heavy atom. The molecule has 15 heavy (non-hydrogen) atoms. The van der Waals surface area contributed by atoms with E-state index in [2.05, 4.69) is 4.98 Å². The van der Waals surface area contributed by atoms with Crippen LogP contribution in [0.4, 0.5) is 0 Å². The Morgan fingerprint density at radius 1 is 1.13 bits per heavy atom. The van der Waals surface area contributed by atoms with Crippen molar-refractivity contribution in [3.8, 4) is 17.0 Å². The minimum Gasteiger partial charge on any atom is -0.506 e. The summed E-state index contributed by atoms with van der Waals surface area (Å²) in [4.78, 5) is 14.8. The van der Waals surface area contributed by atoms with E-state index >= 15 is 0 Å². The fourth-order valence-electron chi connectivity index (χ4n) is 1.38. The lowest BCUT2D eigenvalue weighted by atomic mass is 10.1. The molecule has 1 aromatic heterocycles. The molecule has 0 aliphatic carbocycles. The van der Waals surface area contributed by atoms with Gasteiger partial charge in [-0.25, -0.2) is 0 Å². The van der Waals surface area contributed by atoms with Crippen LogP contribution in [0.15, 0.2) is 42.6 Å². The molecule has 0 amide bonds. The summed E-state index contributed by atoms with van der Waals surface area (Å²) >= 11 is 0. The largest absolute Gasteiger partial charge is 0.506 e. The van der Waals surface area contributed by atoms with E-state index in [0.29, 0.717) is 11.3 Å². The maximum absolute atomic E-state index is 10.8. The Balaban J connectivity index is 2.53. The number of aromatic nitrogens is 1. The van der Waals surface area contributed by atoms with Crippen LogP contribution in [0.25, 0.3) is 11.3 Å². The number of hydrogen-bond donors (Lipinski definition) is 1. The van der Waals surface area contributed by atoms with Crippen molar-refractivity contribution in [2.45, 2.75) is 0 Å². The van der Waals surface area contributed by atoms with Gasteiger partial charge in [0.25, 0.3) is 0 Å². The van der Waals surface area contributed by atoms with Gasteiger partial charge in [0.1, 0.15) is 5.75 Å². The summed E-state index contributed by atoms with van der Waals surface area (Å²) in [5.74, 6) is 0.113. The number of rotatable bonds is 2. The SMILES string of the molecule is O=Cc1ccccc1-c1ccc(O)cn1. The molecule has 0 unspecified atom stereocenters. The molecule has 0 fully saturated rings. The number of aromatic hydroxyl groups is 1. The number of pyridine rings is 1. The molecule has 3 nitrogen and oxygen atoms in total. The fourth-order valence-corrected chi connectivity index (χ4v) is 1.38. The van der Waals surface area contributed by atoms with Crippen molar-refractivity contribution in [1.29, 1.82) is 0 Å². The highest BCUT2D eigenvalue weighted by molar-refractivity contribution is 5.86. The highest BCUT2D eigenvalue weighted by Crippen LogP contribution is 2.21. The van der Waals surface area contributed by atoms with E-state index in [1.807, 2.05) is 12.1 Å². The molecular weight excluding hydrogens is 190 g/mol. The predicted octanol–water partition coefficient (Wildman–Crippen LogP) is 2.27. The molecule has 0 atom stereocenters. The van der Waals surface area contributed by atoms with E-state index in [0.717, 1.165) is 11.8 Å². The van der Waals surface area contributed by atoms with Gasteiger partial charge in [0.15, 0.2) is 6.29 Å². The van der Waals surface area contributed by atoms with Crippen LogP contribution in [0.3, 0.4) is 0 Å². The standard InChI is InChI=1S/C12H9NO2/c14-8-9-3-1-2-4-11(9)12-6-5-10(15)7-13-12/h1-8,15H. The molecule has 74 valence electrons. The van der Waals surface area contributed by atoms with Gasteiger partial charge >= 0.3 is 0 Å². The molecule has 0 spiro atoms. The highest BCUT2D eigenvalue weighted by atomic mass is 16.3. The van der Waals surface area contributed by atoms with Crippen molar-refractivity contribution >= 4 is 6.29 Å². The summed E-state index contributed by atoms with van der Waals surface area (Å²) in [6.45, 7) is 0. The topological polar surface area (TPSA) is 50.2 Å². The van der Waals surface area contributed by atoms with Crippen LogP contribution >= 0.6 is 0 Å². The van der Waals surface area contributed by atoms with Gasteiger partial charge in [0.05, 0.1) is 11.9 Å². The lowest BCUT2D eigenvalue weighted by Crippen LogP contribution is -1.88. The van der Waals surface area contributed by atoms with Crippen molar-refractivity contribution < 1.29 is 9.90 Å². The van der Waals surface area contributed by atoms with E-state index in [-0.39, 0.29) is 5.75 Å². The lowest BCUT2D eigenvalue weighted by molar-refractivity contribution is 0.112. The number of hydrogen-bond acceptors (Lipinski definition) is 3. The second-order valence-corrected chi connectivity index (χ2v) is 3.11. The predicted molar refractivity (Wildman–Crippen MR) is 56.7 cm³/mol. The monoisotopic (exact) mass is 199 g/mol. The van der Waals surface area contributed by atoms with E-state index in [9.17, 15) is 4.79 Å². The van der Waals surface area contributed by atoms with Crippen molar-refractivity contribution in [1.82, 2.24) is 4.98 Å². The van der Waals surface area contributed by atoms with Crippen LogP contribution in [-0.2, 0) is 0 Å². The van der Waals surface area contributed by atoms with Crippen molar-refractivity contribution in [3.63, 3.8) is 0 Å². The summed E-state index contributed by atoms with van der Waals surface area (Å²) in [5, 5.41) is 9.10. The van der Waals surface area contributed by atoms with Crippen LogP contribution in [0.2, 0.25) is 0 Å². The molecule has 1 heterocycles. The smallest absolute Gasteiger partial charge is 0.150 e. The highest BCUT2D eigenvalue weighted by Gasteiger charge is 2.04. The van der Waals surface area contributed by atoms with Crippen LogP contribution < -0.4 is 0 Å². The Kier molecular flexibility index (Phi) is 2.46. The summed E-state index contributed by atoms with van der Waals surface area (Å²) in [7, 11) is 0. The van der Waals surface area contributed by atoms with E-state index in [1.54, 1.807) is 24.3 Å². The summed E-state index contributed by atoms with van der Waals surface area (Å²) in [5.41, 5.74) is 2.04. The number of benzene rings is 1. The number of nitrogens with zero attached hydrogens (tertiary/aromatic N) is 1. The van der Waals surface area contributed by atoms with E-state index in [1.165, 1.54) is 6.20 Å². The van der Waals surface area contributed by atoms with Gasteiger partial charge in [0, 0.05) is 11.1 Å². The molecule has 3 heteroatoms. The van der Waals surface area contributed by atoms with Crippen LogP contribution in [0.1, 0.15) is 10.4 Å². The average Bonchev–Trinajstić information content (AvgIpc) is 2.30. The third kappa shape index (κ3) is 1.86. The minimum absolute atomic E-state index is 0.113. The third-order valence-corrected chi connectivity index (χ3v) is 2.11. The summed E-state index contributed by atoms with van der Waals surface area (Å²) in [6.07, 6.45) is 2.15. The Morgan fingerprint density at radius 2 is 1.93 bits per heavy atom. The minimum atomic E-state index is 0.113. The Bertz CT molecular complexity index is 477. The maximum atomic E-state index is 10.8. The van der Waals surface area contributed by atoms with Gasteiger partial charge < -0.3 is 5.11 Å². The summed E-state index contributed by atoms with van der Waals surface area (Å²) < 4.78 is 0. The molecule has 0 saturated heterocycles. The number of aldehydes is 1. The first-order chi connectivity index (χ1) is 7.31. The van der Waals surface area contributed by atoms with Gasteiger partial charge in [-0.15, -0.1) is 0 Å². The molecule has 2 aromatic rings. The third-order valence-electron chi connectivity index (χ3n) is 2.11. The first-order valence-corrected chi connectivity index (χ1v) is 4.51. The molecule has 0 aliphatic heterocycles. The van der Waals surface area contributed by atoms with Gasteiger partial charge in [-0.05, 0) is 12.1 Å². The van der Waals surface area contributed by atoms with Crippen molar-refractivity contribution in [3.05, 3.63) is 48.2 Å². The molecule has 1 aromatic carbocycles. The first-order valence-electron chi connectivity index (χ1n) is 4.51. The number of carbonyl (C=O) groups excluding carboxylic acids is 1. The normalized spacial score (nSPS) is 9.87. The molecule has 0 aliphatic rings. The fraction of sp³-hybridized carbons (Fsp3) is 0. The van der Waals surface area contributed by atoms with Gasteiger partial charge in [-0.3, -0.25) is 9.78 Å². The van der Waals surface area contributed by atoms with Gasteiger partial charge in [0.2, 0.25) is 0 Å². The number of carbonyl (C=O) groups is 1. The van der Waals surface area contributed by atoms with E-state index in [4.69, 9.17) is 5.11 Å². The zero-order chi connectivity index (χ0) is 10.7. The van der Waals surface area contributed by atoms with Crippen molar-refractivity contribution in [2.75, 3.05) is 0 Å². The van der Waals surface area contributed by atoms with Crippen LogP contribution in [0.5, 0.6) is 5.75 Å². The quantitative estimate of drug-likeness (QED) is 0.755. The average molecular weight is 199 g/mol. The molecule has 2 rings (SSSR count).